The van der Waals surface area contributed by atoms with Gasteiger partial charge in [0.2, 0.25) is 0 Å². The lowest BCUT2D eigenvalue weighted by molar-refractivity contribution is -0.423. The van der Waals surface area contributed by atoms with Crippen molar-refractivity contribution in [1.29, 1.82) is 0 Å². The van der Waals surface area contributed by atoms with Crippen molar-refractivity contribution in [1.82, 2.24) is 0 Å². The highest BCUT2D eigenvalue weighted by atomic mass is 31.1. The zero-order valence-electron chi connectivity index (χ0n) is 14.0. The standard InChI is InChI=1S/C18H22NP.BF4/c19-17-13-7-8-14-18(17)20(15-9-3-1-4-10-15)16-11-5-2-6-12-16;2-1(3,4)5/h1-6,9-12,17-18H,7-8,13-14,19H2;/q;-1/p+1/t17-,18-;/m1./s1. The lowest BCUT2D eigenvalue weighted by Gasteiger charge is -2.34. The lowest BCUT2D eigenvalue weighted by Crippen LogP contribution is -2.67. The van der Waals surface area contributed by atoms with E-state index >= 15 is 0 Å². The second-order valence-electron chi connectivity index (χ2n) is 6.15. The summed E-state index contributed by atoms with van der Waals surface area (Å²) in [7, 11) is -6.27. The molecule has 2 atom stereocenters. The van der Waals surface area contributed by atoms with Gasteiger partial charge in [0.25, 0.3) is 0 Å². The highest BCUT2D eigenvalue weighted by Crippen LogP contribution is 2.45. The van der Waals surface area contributed by atoms with E-state index in [1.54, 1.807) is 0 Å². The van der Waals surface area contributed by atoms with E-state index in [0.717, 1.165) is 5.66 Å². The summed E-state index contributed by atoms with van der Waals surface area (Å²) in [6, 6.07) is 22.8. The van der Waals surface area contributed by atoms with Crippen molar-refractivity contribution in [3.63, 3.8) is 0 Å². The van der Waals surface area contributed by atoms with Crippen LogP contribution in [0.15, 0.2) is 60.7 Å². The van der Waals surface area contributed by atoms with Gasteiger partial charge in [0.05, 0.1) is 6.04 Å². The molecule has 0 unspecified atom stereocenters. The van der Waals surface area contributed by atoms with Crippen LogP contribution in [-0.2, 0) is 0 Å². The Morgan fingerprint density at radius 1 is 0.760 bits per heavy atom. The first-order valence-electron chi connectivity index (χ1n) is 8.46. The van der Waals surface area contributed by atoms with Crippen LogP contribution in [0.5, 0.6) is 0 Å². The minimum Gasteiger partial charge on any atom is -0.418 e. The van der Waals surface area contributed by atoms with Crippen molar-refractivity contribution in [3.05, 3.63) is 60.7 Å². The molecule has 1 saturated carbocycles. The van der Waals surface area contributed by atoms with E-state index in [1.807, 2.05) is 0 Å². The van der Waals surface area contributed by atoms with Gasteiger partial charge in [0.15, 0.2) is 0 Å². The predicted octanol–water partition coefficient (Wildman–Crippen LogP) is 3.97. The van der Waals surface area contributed by atoms with Gasteiger partial charge in [-0.05, 0) is 37.8 Å². The van der Waals surface area contributed by atoms with Crippen molar-refractivity contribution in [2.24, 2.45) is 0 Å². The third-order valence-electron chi connectivity index (χ3n) is 4.27. The molecule has 1 nitrogen and oxygen atoms in total. The number of hydrogen-bond donors (Lipinski definition) is 1. The number of rotatable bonds is 3. The summed E-state index contributed by atoms with van der Waals surface area (Å²) in [5.74, 6) is 0. The summed E-state index contributed by atoms with van der Waals surface area (Å²) in [5.41, 5.74) is 5.21. The first kappa shape index (κ1) is 19.9. The van der Waals surface area contributed by atoms with Gasteiger partial charge >= 0.3 is 7.25 Å². The number of benzene rings is 2. The molecule has 0 spiro atoms. The van der Waals surface area contributed by atoms with Crippen LogP contribution in [0.3, 0.4) is 0 Å². The third-order valence-corrected chi connectivity index (χ3v) is 7.32. The van der Waals surface area contributed by atoms with Crippen molar-refractivity contribution in [3.8, 4) is 0 Å². The van der Waals surface area contributed by atoms with Gasteiger partial charge in [-0.2, -0.15) is 0 Å². The van der Waals surface area contributed by atoms with E-state index < -0.39 is 7.25 Å². The monoisotopic (exact) mass is 371 g/mol. The zero-order chi connectivity index (χ0) is 18.3. The molecule has 1 fully saturated rings. The molecule has 7 heteroatoms. The fourth-order valence-corrected chi connectivity index (χ4v) is 6.30. The smallest absolute Gasteiger partial charge is 0.418 e. The van der Waals surface area contributed by atoms with Crippen LogP contribution >= 0.6 is 7.92 Å². The minimum absolute atomic E-state index is 0.271. The second kappa shape index (κ2) is 9.35. The highest BCUT2D eigenvalue weighted by Gasteiger charge is 2.33. The van der Waals surface area contributed by atoms with Crippen LogP contribution in [0.25, 0.3) is 0 Å². The molecule has 0 saturated heterocycles. The normalized spacial score (nSPS) is 20.7. The van der Waals surface area contributed by atoms with Gasteiger partial charge in [-0.3, -0.25) is 0 Å². The Morgan fingerprint density at radius 2 is 1.16 bits per heavy atom. The summed E-state index contributed by atoms with van der Waals surface area (Å²) >= 11 is 0. The van der Waals surface area contributed by atoms with Crippen molar-refractivity contribution in [2.45, 2.75) is 37.4 Å². The Morgan fingerprint density at radius 3 is 1.56 bits per heavy atom. The number of quaternary nitrogens is 1. The van der Waals surface area contributed by atoms with Crippen molar-refractivity contribution < 1.29 is 23.0 Å². The molecule has 0 aromatic heterocycles. The largest absolute Gasteiger partial charge is 0.673 e. The van der Waals surface area contributed by atoms with Crippen LogP contribution in [-0.4, -0.2) is 19.0 Å². The molecule has 136 valence electrons. The molecule has 2 aromatic rings. The maximum atomic E-state index is 9.75. The van der Waals surface area contributed by atoms with Gasteiger partial charge in [-0.1, -0.05) is 67.1 Å². The van der Waals surface area contributed by atoms with Crippen molar-refractivity contribution in [2.75, 3.05) is 0 Å². The Kier molecular flexibility index (Phi) is 7.46. The van der Waals surface area contributed by atoms with E-state index in [0.29, 0.717) is 6.04 Å². The molecule has 1 aliphatic carbocycles. The van der Waals surface area contributed by atoms with Gasteiger partial charge in [-0.15, -0.1) is 0 Å². The SMILES string of the molecule is F[B-](F)(F)F.[NH3+][C@@H]1CCCC[C@H]1P(c1ccccc1)c1ccccc1. The summed E-state index contributed by atoms with van der Waals surface area (Å²) in [5, 5.41) is 3.02. The van der Waals surface area contributed by atoms with E-state index in [-0.39, 0.29) is 7.92 Å². The van der Waals surface area contributed by atoms with Crippen LogP contribution in [0, 0.1) is 0 Å². The molecule has 0 bridgehead atoms. The van der Waals surface area contributed by atoms with Crippen LogP contribution < -0.4 is 16.3 Å². The summed E-state index contributed by atoms with van der Waals surface area (Å²) in [4.78, 5) is 0. The Hall–Kier alpha value is -1.39. The molecule has 3 N–H and O–H groups in total. The second-order valence-corrected chi connectivity index (χ2v) is 8.58. The van der Waals surface area contributed by atoms with Gasteiger partial charge in [-0.25, -0.2) is 0 Å². The van der Waals surface area contributed by atoms with E-state index in [4.69, 9.17) is 0 Å². The lowest BCUT2D eigenvalue weighted by atomic mass is 9.96. The number of halogens is 4. The van der Waals surface area contributed by atoms with E-state index in [1.165, 1.54) is 36.3 Å². The van der Waals surface area contributed by atoms with Crippen LogP contribution in [0.2, 0.25) is 0 Å². The maximum absolute atomic E-state index is 9.75. The number of hydrogen-bond acceptors (Lipinski definition) is 0. The topological polar surface area (TPSA) is 27.6 Å². The quantitative estimate of drug-likeness (QED) is 0.481. The summed E-state index contributed by atoms with van der Waals surface area (Å²) in [6.07, 6.45) is 5.36. The molecule has 3 rings (SSSR count). The average Bonchev–Trinajstić information content (AvgIpc) is 2.57. The molecular weight excluding hydrogens is 348 g/mol. The van der Waals surface area contributed by atoms with Crippen molar-refractivity contribution >= 4 is 25.8 Å². The summed E-state index contributed by atoms with van der Waals surface area (Å²) < 4.78 is 39.0. The molecule has 0 aliphatic heterocycles. The minimum atomic E-state index is -6.00. The molecule has 2 aromatic carbocycles. The molecule has 0 radical (unpaired) electrons. The van der Waals surface area contributed by atoms with Crippen LogP contribution in [0.4, 0.5) is 17.3 Å². The van der Waals surface area contributed by atoms with Crippen LogP contribution in [0.1, 0.15) is 25.7 Å². The first-order valence-corrected chi connectivity index (χ1v) is 9.87. The van der Waals surface area contributed by atoms with E-state index in [2.05, 4.69) is 66.4 Å². The highest BCUT2D eigenvalue weighted by molar-refractivity contribution is 7.73. The molecule has 0 amide bonds. The fourth-order valence-electron chi connectivity index (χ4n) is 3.24. The van der Waals surface area contributed by atoms with E-state index in [9.17, 15) is 17.3 Å². The Bertz CT molecular complexity index is 578. The summed E-state index contributed by atoms with van der Waals surface area (Å²) in [6.45, 7) is 0. The molecule has 0 heterocycles. The Labute approximate surface area is 147 Å². The predicted molar refractivity (Wildman–Crippen MR) is 98.2 cm³/mol. The third kappa shape index (κ3) is 6.79. The average molecular weight is 371 g/mol. The fraction of sp³-hybridized carbons (Fsp3) is 0.333. The maximum Gasteiger partial charge on any atom is 0.673 e. The first-order chi connectivity index (χ1) is 11.9. The van der Waals surface area contributed by atoms with Gasteiger partial charge in [0, 0.05) is 5.66 Å². The molecule has 1 aliphatic rings. The van der Waals surface area contributed by atoms with Gasteiger partial charge in [0.1, 0.15) is 0 Å². The molecule has 25 heavy (non-hydrogen) atoms. The zero-order valence-corrected chi connectivity index (χ0v) is 14.9. The van der Waals surface area contributed by atoms with Gasteiger partial charge < -0.3 is 23.0 Å². The molecular formula is C18H23BF4NP. The Balaban J connectivity index is 0.000000399.